The normalized spacial score (nSPS) is 30.9. The van der Waals surface area contributed by atoms with Crippen LogP contribution in [-0.2, 0) is 19.1 Å². The molecule has 1 aliphatic heterocycles. The fraction of sp³-hybridized carbons (Fsp3) is 0.640. The fourth-order valence-electron chi connectivity index (χ4n) is 5.55. The van der Waals surface area contributed by atoms with Crippen molar-refractivity contribution in [3.63, 3.8) is 0 Å². The zero-order valence-corrected chi connectivity index (χ0v) is 19.2. The second-order valence-corrected chi connectivity index (χ2v) is 11.7. The number of nitrogens with two attached hydrogens (primary N) is 1. The monoisotopic (exact) mass is 443 g/mol. The first-order valence-electron chi connectivity index (χ1n) is 11.5. The van der Waals surface area contributed by atoms with Crippen molar-refractivity contribution in [2.75, 3.05) is 6.61 Å². The Hall–Kier alpha value is -1.66. The van der Waals surface area contributed by atoms with Crippen molar-refractivity contribution < 1.29 is 19.1 Å². The molecular weight excluding hydrogens is 410 g/mol. The number of benzene rings is 1. The van der Waals surface area contributed by atoms with Crippen LogP contribution in [0.4, 0.5) is 0 Å². The number of hydrogen-bond acceptors (Lipinski definition) is 6. The van der Waals surface area contributed by atoms with Crippen molar-refractivity contribution in [2.24, 2.45) is 29.4 Å². The largest absolute Gasteiger partial charge is 0.465 e. The Morgan fingerprint density at radius 2 is 1.84 bits per heavy atom. The van der Waals surface area contributed by atoms with Gasteiger partial charge in [-0.15, -0.1) is 11.8 Å². The summed E-state index contributed by atoms with van der Waals surface area (Å²) < 4.78 is 5.34. The van der Waals surface area contributed by atoms with Crippen LogP contribution in [0.2, 0.25) is 0 Å². The minimum atomic E-state index is -0.719. The number of ketones is 2. The molecule has 4 rings (SSSR count). The smallest absolute Gasteiger partial charge is 0.311 e. The molecule has 168 valence electrons. The molecule has 31 heavy (non-hydrogen) atoms. The summed E-state index contributed by atoms with van der Waals surface area (Å²) in [4.78, 5) is 38.8. The first-order chi connectivity index (χ1) is 14.8. The van der Waals surface area contributed by atoms with Crippen LogP contribution in [0.1, 0.15) is 64.0 Å². The van der Waals surface area contributed by atoms with Crippen molar-refractivity contribution in [2.45, 2.75) is 68.4 Å². The first kappa shape index (κ1) is 22.5. The summed E-state index contributed by atoms with van der Waals surface area (Å²) in [6, 6.07) is 8.53. The van der Waals surface area contributed by atoms with Crippen molar-refractivity contribution in [1.82, 2.24) is 0 Å². The summed E-state index contributed by atoms with van der Waals surface area (Å²) in [5.74, 6) is -1.02. The van der Waals surface area contributed by atoms with E-state index in [0.717, 1.165) is 18.4 Å². The van der Waals surface area contributed by atoms with Gasteiger partial charge in [-0.3, -0.25) is 14.4 Å². The van der Waals surface area contributed by atoms with E-state index in [0.29, 0.717) is 12.5 Å². The van der Waals surface area contributed by atoms with E-state index in [1.165, 1.54) is 19.3 Å². The molecule has 5 nitrogen and oxygen atoms in total. The maximum absolute atomic E-state index is 13.0. The molecule has 1 heterocycles. The minimum absolute atomic E-state index is 0.0124. The van der Waals surface area contributed by atoms with Gasteiger partial charge in [0.25, 0.3) is 0 Å². The van der Waals surface area contributed by atoms with Crippen molar-refractivity contribution in [3.8, 4) is 0 Å². The highest BCUT2D eigenvalue weighted by Crippen LogP contribution is 2.61. The zero-order valence-electron chi connectivity index (χ0n) is 18.4. The molecule has 0 amide bonds. The van der Waals surface area contributed by atoms with E-state index >= 15 is 0 Å². The van der Waals surface area contributed by atoms with Gasteiger partial charge in [-0.25, -0.2) is 0 Å². The van der Waals surface area contributed by atoms with Gasteiger partial charge < -0.3 is 10.5 Å². The number of Topliss-reactive ketones (excluding diaryl/α,β-unsaturated/α-hetero) is 2. The number of esters is 1. The summed E-state index contributed by atoms with van der Waals surface area (Å²) in [6.07, 6.45) is 6.06. The third-order valence-electron chi connectivity index (χ3n) is 7.36. The van der Waals surface area contributed by atoms with Gasteiger partial charge in [-0.1, -0.05) is 49.6 Å². The molecule has 3 aliphatic rings. The van der Waals surface area contributed by atoms with E-state index in [9.17, 15) is 14.4 Å². The van der Waals surface area contributed by atoms with Crippen LogP contribution in [0.3, 0.4) is 0 Å². The van der Waals surface area contributed by atoms with Crippen LogP contribution >= 0.6 is 11.8 Å². The first-order valence-corrected chi connectivity index (χ1v) is 12.4. The maximum Gasteiger partial charge on any atom is 0.311 e. The van der Waals surface area contributed by atoms with Crippen LogP contribution in [-0.4, -0.2) is 34.1 Å². The molecule has 1 unspecified atom stereocenters. The van der Waals surface area contributed by atoms with Gasteiger partial charge in [0.05, 0.1) is 18.6 Å². The van der Waals surface area contributed by atoms with E-state index in [2.05, 4.69) is 0 Å². The third-order valence-corrected chi connectivity index (χ3v) is 9.11. The van der Waals surface area contributed by atoms with Crippen LogP contribution in [0.25, 0.3) is 0 Å². The van der Waals surface area contributed by atoms with Crippen LogP contribution < -0.4 is 5.73 Å². The molecule has 1 aromatic rings. The Morgan fingerprint density at radius 3 is 2.52 bits per heavy atom. The highest BCUT2D eigenvalue weighted by atomic mass is 32.2. The van der Waals surface area contributed by atoms with Crippen molar-refractivity contribution >= 4 is 29.3 Å². The van der Waals surface area contributed by atoms with E-state index < -0.39 is 12.0 Å². The Labute approximate surface area is 188 Å². The van der Waals surface area contributed by atoms with E-state index in [4.69, 9.17) is 10.5 Å². The molecule has 0 aromatic heterocycles. The summed E-state index contributed by atoms with van der Waals surface area (Å²) in [5.41, 5.74) is 6.91. The summed E-state index contributed by atoms with van der Waals surface area (Å²) in [6.45, 7) is 4.50. The Kier molecular flexibility index (Phi) is 6.59. The minimum Gasteiger partial charge on any atom is -0.465 e. The molecule has 2 aliphatic carbocycles. The van der Waals surface area contributed by atoms with Crippen LogP contribution in [0.15, 0.2) is 30.3 Å². The van der Waals surface area contributed by atoms with Crippen molar-refractivity contribution in [3.05, 3.63) is 35.9 Å². The van der Waals surface area contributed by atoms with Gasteiger partial charge in [0.2, 0.25) is 0 Å². The zero-order chi connectivity index (χ0) is 22.2. The molecule has 5 atom stereocenters. The van der Waals surface area contributed by atoms with Gasteiger partial charge in [-0.2, -0.15) is 0 Å². The lowest BCUT2D eigenvalue weighted by molar-refractivity contribution is -0.159. The third kappa shape index (κ3) is 4.47. The van der Waals surface area contributed by atoms with Crippen LogP contribution in [0, 0.1) is 23.7 Å². The lowest BCUT2D eigenvalue weighted by atomic mass is 9.63. The average Bonchev–Trinajstić information content (AvgIpc) is 3.04. The molecule has 1 aromatic carbocycles. The standard InChI is InChI=1S/C25H33NO4S/c1-25(2)20(24(29)30-14-15-9-5-3-6-10-15)19-22(28)17(23(19)31-25)13-18(27)21(26)16-11-7-4-8-12-16/h4,7-8,11-12,15,17,19-21,23H,3,5-6,9-10,13-14,26H2,1-2H3/t17-,19?,20+,21-,23-/m1/s1. The maximum atomic E-state index is 13.0. The summed E-state index contributed by atoms with van der Waals surface area (Å²) >= 11 is 1.66. The van der Waals surface area contributed by atoms with Crippen LogP contribution in [0.5, 0.6) is 0 Å². The average molecular weight is 444 g/mol. The Bertz CT molecular complexity index is 833. The Balaban J connectivity index is 1.37. The molecule has 0 radical (unpaired) electrons. The number of rotatable bonds is 7. The number of thioether (sulfide) groups is 1. The van der Waals surface area contributed by atoms with Gasteiger partial charge in [0.1, 0.15) is 5.78 Å². The number of carbonyl (C=O) groups excluding carboxylic acids is 3. The molecular formula is C25H33NO4S. The highest BCUT2D eigenvalue weighted by Gasteiger charge is 2.66. The molecule has 3 fully saturated rings. The summed E-state index contributed by atoms with van der Waals surface area (Å²) in [5, 5.41) is -0.0124. The SMILES string of the molecule is CC1(C)S[C@H]2C(C(=O)[C@H]2CC(=O)[C@H](N)c2ccccc2)[C@H]1C(=O)OCC1CCCCC1. The lowest BCUT2D eigenvalue weighted by Gasteiger charge is -2.39. The highest BCUT2D eigenvalue weighted by molar-refractivity contribution is 8.01. The van der Waals surface area contributed by atoms with Gasteiger partial charge >= 0.3 is 5.97 Å². The van der Waals surface area contributed by atoms with Gasteiger partial charge in [-0.05, 0) is 38.2 Å². The molecule has 2 saturated carbocycles. The predicted octanol–water partition coefficient (Wildman–Crippen LogP) is 4.09. The molecule has 2 N–H and O–H groups in total. The second kappa shape index (κ2) is 9.07. The van der Waals surface area contributed by atoms with E-state index in [1.807, 2.05) is 44.2 Å². The topological polar surface area (TPSA) is 86.5 Å². The quantitative estimate of drug-likeness (QED) is 0.639. The van der Waals surface area contributed by atoms with Gasteiger partial charge in [0, 0.05) is 28.3 Å². The van der Waals surface area contributed by atoms with E-state index in [-0.39, 0.29) is 45.8 Å². The molecule has 6 heteroatoms. The lowest BCUT2D eigenvalue weighted by Crippen LogP contribution is -2.53. The number of carbonyl (C=O) groups is 3. The number of hydrogen-bond donors (Lipinski definition) is 1. The summed E-state index contributed by atoms with van der Waals surface area (Å²) in [7, 11) is 0. The molecule has 0 spiro atoms. The number of fused-ring (bicyclic) bond motifs is 1. The molecule has 1 saturated heterocycles. The van der Waals surface area contributed by atoms with Crippen molar-refractivity contribution in [1.29, 1.82) is 0 Å². The number of ether oxygens (including phenoxy) is 1. The van der Waals surface area contributed by atoms with Gasteiger partial charge in [0.15, 0.2) is 5.78 Å². The predicted molar refractivity (Wildman–Crippen MR) is 121 cm³/mol. The van der Waals surface area contributed by atoms with E-state index in [1.54, 1.807) is 11.8 Å². The fourth-order valence-corrected chi connectivity index (χ4v) is 7.47. The Morgan fingerprint density at radius 1 is 1.16 bits per heavy atom. The molecule has 0 bridgehead atoms. The second-order valence-electron chi connectivity index (χ2n) is 9.89.